The van der Waals surface area contributed by atoms with E-state index >= 15 is 0 Å². The van der Waals surface area contributed by atoms with Crippen LogP contribution in [0.2, 0.25) is 5.02 Å². The largest absolute Gasteiger partial charge is 0.319 e. The molecule has 0 radical (unpaired) electrons. The summed E-state index contributed by atoms with van der Waals surface area (Å²) < 4.78 is 2.29. The number of nitrogens with zero attached hydrogens (tertiary/aromatic N) is 2. The first-order chi connectivity index (χ1) is 10.0. The van der Waals surface area contributed by atoms with Gasteiger partial charge < -0.3 is 4.57 Å². The molecule has 5 nitrogen and oxygen atoms in total. The standard InChI is InChI=1S/C14H10ClN3O2S/c1-18-6-5-8(7-11(18)19)13(20)17-14-16-12-9(15)3-2-4-10(12)21-14/h2-7H,1H3,(H,16,17,20). The summed E-state index contributed by atoms with van der Waals surface area (Å²) in [5.74, 6) is -0.372. The Balaban J connectivity index is 1.90. The van der Waals surface area contributed by atoms with Gasteiger partial charge in [0.1, 0.15) is 5.52 Å². The Morgan fingerprint density at radius 2 is 2.19 bits per heavy atom. The molecule has 0 spiro atoms. The molecule has 3 aromatic rings. The lowest BCUT2D eigenvalue weighted by molar-refractivity contribution is 0.102. The summed E-state index contributed by atoms with van der Waals surface area (Å²) in [6.07, 6.45) is 1.55. The van der Waals surface area contributed by atoms with Crippen LogP contribution in [0.15, 0.2) is 41.3 Å². The van der Waals surface area contributed by atoms with Crippen LogP contribution in [0.5, 0.6) is 0 Å². The highest BCUT2D eigenvalue weighted by Gasteiger charge is 2.12. The Hall–Kier alpha value is -2.18. The smallest absolute Gasteiger partial charge is 0.257 e. The molecule has 0 atom stereocenters. The van der Waals surface area contributed by atoms with Gasteiger partial charge in [-0.05, 0) is 18.2 Å². The third kappa shape index (κ3) is 2.68. The van der Waals surface area contributed by atoms with Gasteiger partial charge in [-0.1, -0.05) is 29.0 Å². The van der Waals surface area contributed by atoms with E-state index in [0.29, 0.717) is 21.2 Å². The van der Waals surface area contributed by atoms with Crippen molar-refractivity contribution in [1.29, 1.82) is 0 Å². The molecule has 0 aliphatic carbocycles. The Bertz CT molecular complexity index is 901. The summed E-state index contributed by atoms with van der Waals surface area (Å²) in [6, 6.07) is 8.32. The SMILES string of the molecule is Cn1ccc(C(=O)Nc2nc3c(Cl)cccc3s2)cc1=O. The minimum absolute atomic E-state index is 0.241. The van der Waals surface area contributed by atoms with Crippen molar-refractivity contribution in [3.8, 4) is 0 Å². The summed E-state index contributed by atoms with van der Waals surface area (Å²) in [5.41, 5.74) is 0.710. The summed E-state index contributed by atoms with van der Waals surface area (Å²) in [5, 5.41) is 3.67. The number of pyridine rings is 1. The van der Waals surface area contributed by atoms with Gasteiger partial charge in [0.2, 0.25) is 0 Å². The van der Waals surface area contributed by atoms with Gasteiger partial charge in [-0.25, -0.2) is 4.98 Å². The number of carbonyl (C=O) groups is 1. The van der Waals surface area contributed by atoms with E-state index in [0.717, 1.165) is 4.70 Å². The highest BCUT2D eigenvalue weighted by molar-refractivity contribution is 7.22. The summed E-state index contributed by atoms with van der Waals surface area (Å²) >= 11 is 7.38. The Morgan fingerprint density at radius 3 is 2.90 bits per heavy atom. The molecule has 0 aliphatic rings. The highest BCUT2D eigenvalue weighted by Crippen LogP contribution is 2.30. The topological polar surface area (TPSA) is 64.0 Å². The van der Waals surface area contributed by atoms with Crippen molar-refractivity contribution in [2.45, 2.75) is 0 Å². The second-order valence-corrected chi connectivity index (χ2v) is 5.86. The van der Waals surface area contributed by atoms with Crippen LogP contribution in [0, 0.1) is 0 Å². The van der Waals surface area contributed by atoms with Crippen LogP contribution in [-0.4, -0.2) is 15.5 Å². The molecular weight excluding hydrogens is 310 g/mol. The normalized spacial score (nSPS) is 10.8. The summed E-state index contributed by atoms with van der Waals surface area (Å²) in [7, 11) is 1.62. The average molecular weight is 320 g/mol. The molecule has 0 unspecified atom stereocenters. The molecule has 21 heavy (non-hydrogen) atoms. The second kappa shape index (κ2) is 5.31. The number of nitrogens with one attached hydrogen (secondary N) is 1. The van der Waals surface area contributed by atoms with E-state index < -0.39 is 0 Å². The third-order valence-corrected chi connectivity index (χ3v) is 4.20. The number of amides is 1. The van der Waals surface area contributed by atoms with Gasteiger partial charge in [0.25, 0.3) is 11.5 Å². The zero-order valence-corrected chi connectivity index (χ0v) is 12.5. The fourth-order valence-electron chi connectivity index (χ4n) is 1.83. The van der Waals surface area contributed by atoms with Crippen LogP contribution in [0.25, 0.3) is 10.2 Å². The molecule has 0 bridgehead atoms. The minimum atomic E-state index is -0.372. The fourth-order valence-corrected chi connectivity index (χ4v) is 2.99. The molecule has 0 aliphatic heterocycles. The first-order valence-corrected chi connectivity index (χ1v) is 7.27. The van der Waals surface area contributed by atoms with Crippen LogP contribution in [0.4, 0.5) is 5.13 Å². The van der Waals surface area contributed by atoms with Gasteiger partial charge >= 0.3 is 0 Å². The van der Waals surface area contributed by atoms with Gasteiger partial charge in [-0.2, -0.15) is 0 Å². The van der Waals surface area contributed by atoms with Crippen LogP contribution in [0.3, 0.4) is 0 Å². The molecule has 2 heterocycles. The molecule has 0 fully saturated rings. The molecule has 7 heteroatoms. The summed E-state index contributed by atoms with van der Waals surface area (Å²) in [4.78, 5) is 27.9. The van der Waals surface area contributed by atoms with Gasteiger partial charge in [0.15, 0.2) is 5.13 Å². The van der Waals surface area contributed by atoms with Gasteiger partial charge in [-0.15, -0.1) is 0 Å². The van der Waals surface area contributed by atoms with Crippen molar-refractivity contribution in [1.82, 2.24) is 9.55 Å². The number of hydrogen-bond donors (Lipinski definition) is 1. The van der Waals surface area contributed by atoms with Crippen LogP contribution >= 0.6 is 22.9 Å². The van der Waals surface area contributed by atoms with Crippen molar-refractivity contribution in [2.75, 3.05) is 5.32 Å². The maximum atomic E-state index is 12.1. The Labute approximate surface area is 128 Å². The number of halogens is 1. The maximum absolute atomic E-state index is 12.1. The number of anilines is 1. The second-order valence-electron chi connectivity index (χ2n) is 4.42. The summed E-state index contributed by atoms with van der Waals surface area (Å²) in [6.45, 7) is 0. The van der Waals surface area contributed by atoms with Crippen molar-refractivity contribution >= 4 is 44.2 Å². The number of aryl methyl sites for hydroxylation is 1. The van der Waals surface area contributed by atoms with E-state index in [9.17, 15) is 9.59 Å². The van der Waals surface area contributed by atoms with E-state index in [-0.39, 0.29) is 11.5 Å². The molecule has 1 aromatic carbocycles. The number of rotatable bonds is 2. The Morgan fingerprint density at radius 1 is 1.38 bits per heavy atom. The highest BCUT2D eigenvalue weighted by atomic mass is 35.5. The molecule has 3 rings (SSSR count). The van der Waals surface area contributed by atoms with Crippen molar-refractivity contribution in [2.24, 2.45) is 7.05 Å². The maximum Gasteiger partial charge on any atom is 0.257 e. The molecular formula is C14H10ClN3O2S. The van der Waals surface area contributed by atoms with Crippen molar-refractivity contribution < 1.29 is 4.79 Å². The van der Waals surface area contributed by atoms with Gasteiger partial charge in [0, 0.05) is 24.9 Å². The van der Waals surface area contributed by atoms with Gasteiger partial charge in [0.05, 0.1) is 9.72 Å². The number of carbonyl (C=O) groups excluding carboxylic acids is 1. The molecule has 2 aromatic heterocycles. The first kappa shape index (κ1) is 13.8. The monoisotopic (exact) mass is 319 g/mol. The van der Waals surface area contributed by atoms with Crippen molar-refractivity contribution in [3.05, 3.63) is 57.5 Å². The fraction of sp³-hybridized carbons (Fsp3) is 0.0714. The molecule has 106 valence electrons. The molecule has 1 N–H and O–H groups in total. The van der Waals surface area contributed by atoms with E-state index in [1.807, 2.05) is 12.1 Å². The van der Waals surface area contributed by atoms with E-state index in [2.05, 4.69) is 10.3 Å². The predicted molar refractivity (Wildman–Crippen MR) is 84.3 cm³/mol. The quantitative estimate of drug-likeness (QED) is 0.790. The number of fused-ring (bicyclic) bond motifs is 1. The first-order valence-electron chi connectivity index (χ1n) is 6.08. The molecule has 0 saturated carbocycles. The number of hydrogen-bond acceptors (Lipinski definition) is 4. The number of para-hydroxylation sites is 1. The zero-order chi connectivity index (χ0) is 15.0. The molecule has 1 amide bonds. The predicted octanol–water partition coefficient (Wildman–Crippen LogP) is 2.90. The third-order valence-electron chi connectivity index (χ3n) is 2.96. The van der Waals surface area contributed by atoms with Crippen LogP contribution < -0.4 is 10.9 Å². The average Bonchev–Trinajstić information content (AvgIpc) is 2.86. The minimum Gasteiger partial charge on any atom is -0.319 e. The molecule has 0 saturated heterocycles. The number of aromatic nitrogens is 2. The lowest BCUT2D eigenvalue weighted by Gasteiger charge is -2.02. The van der Waals surface area contributed by atoms with Crippen LogP contribution in [-0.2, 0) is 7.05 Å². The van der Waals surface area contributed by atoms with E-state index in [1.165, 1.54) is 22.0 Å². The lowest BCUT2D eigenvalue weighted by Crippen LogP contribution is -2.19. The van der Waals surface area contributed by atoms with E-state index in [1.54, 1.807) is 25.4 Å². The van der Waals surface area contributed by atoms with E-state index in [4.69, 9.17) is 11.6 Å². The number of benzene rings is 1. The zero-order valence-electron chi connectivity index (χ0n) is 11.0. The van der Waals surface area contributed by atoms with Gasteiger partial charge in [-0.3, -0.25) is 14.9 Å². The lowest BCUT2D eigenvalue weighted by atomic mass is 10.2. The number of thiazole rings is 1. The van der Waals surface area contributed by atoms with Crippen molar-refractivity contribution in [3.63, 3.8) is 0 Å². The Kier molecular flexibility index (Phi) is 3.48. The van der Waals surface area contributed by atoms with Crippen LogP contribution in [0.1, 0.15) is 10.4 Å².